The quantitative estimate of drug-likeness (QED) is 0.550. The fourth-order valence-electron chi connectivity index (χ4n) is 1.54. The van der Waals surface area contributed by atoms with E-state index < -0.39 is 0 Å². The van der Waals surface area contributed by atoms with Crippen molar-refractivity contribution in [2.75, 3.05) is 11.9 Å². The average Bonchev–Trinajstić information content (AvgIpc) is 3.06. The smallest absolute Gasteiger partial charge is 0.315 e. The molecule has 1 aromatic heterocycles. The Balaban J connectivity index is 1.58. The van der Waals surface area contributed by atoms with Crippen LogP contribution in [0.5, 0.6) is 0 Å². The summed E-state index contributed by atoms with van der Waals surface area (Å²) < 4.78 is 5.40. The maximum absolute atomic E-state index is 10.5. The first-order valence-electron chi connectivity index (χ1n) is 6.32. The van der Waals surface area contributed by atoms with Crippen molar-refractivity contribution in [1.29, 1.82) is 0 Å². The zero-order valence-electron chi connectivity index (χ0n) is 10.3. The van der Waals surface area contributed by atoms with E-state index in [1.54, 1.807) is 0 Å². The first-order chi connectivity index (χ1) is 8.74. The lowest BCUT2D eigenvalue weighted by atomic mass is 10.2. The van der Waals surface area contributed by atoms with Gasteiger partial charge in [0.1, 0.15) is 0 Å². The number of nitrogens with one attached hydrogen (secondary N) is 2. The summed E-state index contributed by atoms with van der Waals surface area (Å²) in [5.74, 6) is 0.336. The number of carbonyl (C=O) groups excluding carboxylic acids is 1. The van der Waals surface area contributed by atoms with Crippen LogP contribution in [0.25, 0.3) is 0 Å². The van der Waals surface area contributed by atoms with Crippen molar-refractivity contribution in [3.63, 3.8) is 0 Å². The summed E-state index contributed by atoms with van der Waals surface area (Å²) in [6, 6.07) is 1.06. The van der Waals surface area contributed by atoms with Crippen LogP contribution in [0.4, 0.5) is 6.01 Å². The second-order valence-electron chi connectivity index (χ2n) is 4.51. The summed E-state index contributed by atoms with van der Waals surface area (Å²) in [6.45, 7) is 1.33. The molecule has 1 fully saturated rings. The van der Waals surface area contributed by atoms with Gasteiger partial charge in [0.2, 0.25) is 11.8 Å². The van der Waals surface area contributed by atoms with E-state index in [0.29, 0.717) is 37.5 Å². The second-order valence-corrected chi connectivity index (χ2v) is 4.51. The van der Waals surface area contributed by atoms with Gasteiger partial charge in [-0.25, -0.2) is 0 Å². The van der Waals surface area contributed by atoms with Gasteiger partial charge in [-0.1, -0.05) is 5.10 Å². The molecule has 0 aliphatic heterocycles. The van der Waals surface area contributed by atoms with E-state index >= 15 is 0 Å². The molecule has 1 aliphatic carbocycles. The lowest BCUT2D eigenvalue weighted by Crippen LogP contribution is -2.15. The van der Waals surface area contributed by atoms with Gasteiger partial charge in [0.15, 0.2) is 0 Å². The second kappa shape index (κ2) is 6.34. The van der Waals surface area contributed by atoms with Gasteiger partial charge in [0, 0.05) is 19.0 Å². The summed E-state index contributed by atoms with van der Waals surface area (Å²) in [4.78, 5) is 10.5. The third-order valence-electron chi connectivity index (χ3n) is 2.71. The van der Waals surface area contributed by atoms with Gasteiger partial charge in [-0.2, -0.15) is 0 Å². The Morgan fingerprint density at radius 1 is 1.39 bits per heavy atom. The number of nitrogens with zero attached hydrogens (tertiary/aromatic N) is 2. The number of primary amides is 1. The number of nitrogens with two attached hydrogens (primary N) is 1. The predicted molar refractivity (Wildman–Crippen MR) is 65.7 cm³/mol. The molecule has 0 aromatic carbocycles. The monoisotopic (exact) mass is 253 g/mol. The Morgan fingerprint density at radius 2 is 2.22 bits per heavy atom. The Kier molecular flexibility index (Phi) is 4.52. The van der Waals surface area contributed by atoms with Crippen LogP contribution in [0.3, 0.4) is 0 Å². The maximum atomic E-state index is 10.5. The topological polar surface area (TPSA) is 106 Å². The van der Waals surface area contributed by atoms with Gasteiger partial charge in [-0.3, -0.25) is 4.79 Å². The van der Waals surface area contributed by atoms with E-state index in [2.05, 4.69) is 20.8 Å². The molecule has 18 heavy (non-hydrogen) atoms. The highest BCUT2D eigenvalue weighted by atomic mass is 16.4. The fraction of sp³-hybridized carbons (Fsp3) is 0.727. The predicted octanol–water partition coefficient (Wildman–Crippen LogP) is 0.389. The molecule has 1 aliphatic rings. The van der Waals surface area contributed by atoms with Gasteiger partial charge >= 0.3 is 6.01 Å². The van der Waals surface area contributed by atoms with E-state index in [1.807, 2.05) is 0 Å². The van der Waals surface area contributed by atoms with Crippen LogP contribution in [0, 0.1) is 0 Å². The molecule has 1 heterocycles. The molecule has 2 rings (SSSR count). The highest BCUT2D eigenvalue weighted by Gasteiger charge is 2.21. The van der Waals surface area contributed by atoms with Crippen LogP contribution in [0.1, 0.15) is 38.0 Å². The van der Waals surface area contributed by atoms with E-state index in [0.717, 1.165) is 12.8 Å². The number of hydrogen-bond donors (Lipinski definition) is 3. The highest BCUT2D eigenvalue weighted by Crippen LogP contribution is 2.19. The summed E-state index contributed by atoms with van der Waals surface area (Å²) >= 11 is 0. The van der Waals surface area contributed by atoms with Crippen LogP contribution in [0.2, 0.25) is 0 Å². The third kappa shape index (κ3) is 4.70. The number of unbranched alkanes of at least 4 members (excludes halogenated alkanes) is 1. The fourth-order valence-corrected chi connectivity index (χ4v) is 1.54. The normalized spacial score (nSPS) is 14.7. The van der Waals surface area contributed by atoms with Gasteiger partial charge in [-0.15, -0.1) is 5.10 Å². The molecular weight excluding hydrogens is 234 g/mol. The molecule has 1 aromatic rings. The van der Waals surface area contributed by atoms with Gasteiger partial charge in [0.05, 0.1) is 6.54 Å². The lowest BCUT2D eigenvalue weighted by Gasteiger charge is -2.00. The minimum absolute atomic E-state index is 0.263. The SMILES string of the molecule is NC(=O)CCCCNc1nnc(CNC2CC2)o1. The first kappa shape index (κ1) is 12.8. The number of amides is 1. The van der Waals surface area contributed by atoms with Crippen LogP contribution in [-0.2, 0) is 11.3 Å². The van der Waals surface area contributed by atoms with Gasteiger partial charge < -0.3 is 20.8 Å². The Hall–Kier alpha value is -1.63. The van der Waals surface area contributed by atoms with E-state index in [9.17, 15) is 4.79 Å². The molecule has 0 spiro atoms. The molecule has 4 N–H and O–H groups in total. The van der Waals surface area contributed by atoms with Gasteiger partial charge in [-0.05, 0) is 25.7 Å². The van der Waals surface area contributed by atoms with E-state index in [4.69, 9.17) is 10.2 Å². The van der Waals surface area contributed by atoms with E-state index in [-0.39, 0.29) is 5.91 Å². The molecule has 1 amide bonds. The van der Waals surface area contributed by atoms with E-state index in [1.165, 1.54) is 12.8 Å². The molecule has 0 atom stereocenters. The third-order valence-corrected chi connectivity index (χ3v) is 2.71. The molecular formula is C11H19N5O2. The summed E-state index contributed by atoms with van der Waals surface area (Å²) in [5.41, 5.74) is 5.04. The number of carbonyl (C=O) groups is 1. The zero-order chi connectivity index (χ0) is 12.8. The Morgan fingerprint density at radius 3 is 2.94 bits per heavy atom. The number of anilines is 1. The minimum Gasteiger partial charge on any atom is -0.407 e. The lowest BCUT2D eigenvalue weighted by molar-refractivity contribution is -0.118. The summed E-state index contributed by atoms with van der Waals surface area (Å²) in [5, 5.41) is 14.1. The first-order valence-corrected chi connectivity index (χ1v) is 6.32. The molecule has 100 valence electrons. The molecule has 0 unspecified atom stereocenters. The van der Waals surface area contributed by atoms with Crippen molar-refractivity contribution >= 4 is 11.9 Å². The Bertz CT molecular complexity index is 389. The zero-order valence-corrected chi connectivity index (χ0v) is 10.3. The standard InChI is InChI=1S/C11H19N5O2/c12-9(17)3-1-2-6-13-11-16-15-10(18-11)7-14-8-4-5-8/h8,14H,1-7H2,(H2,12,17)(H,13,16). The van der Waals surface area contributed by atoms with Crippen molar-refractivity contribution in [2.24, 2.45) is 5.73 Å². The van der Waals surface area contributed by atoms with Crippen LogP contribution < -0.4 is 16.4 Å². The van der Waals surface area contributed by atoms with Crippen molar-refractivity contribution in [2.45, 2.75) is 44.7 Å². The van der Waals surface area contributed by atoms with Gasteiger partial charge in [0.25, 0.3) is 0 Å². The van der Waals surface area contributed by atoms with Crippen LogP contribution in [0.15, 0.2) is 4.42 Å². The number of rotatable bonds is 9. The molecule has 1 saturated carbocycles. The molecule has 0 radical (unpaired) electrons. The van der Waals surface area contributed by atoms with Crippen LogP contribution >= 0.6 is 0 Å². The molecule has 7 heteroatoms. The average molecular weight is 253 g/mol. The summed E-state index contributed by atoms with van der Waals surface area (Å²) in [7, 11) is 0. The largest absolute Gasteiger partial charge is 0.407 e. The van der Waals surface area contributed by atoms with Crippen LogP contribution in [-0.4, -0.2) is 28.7 Å². The molecule has 0 saturated heterocycles. The summed E-state index contributed by atoms with van der Waals surface area (Å²) in [6.07, 6.45) is 4.51. The number of hydrogen-bond acceptors (Lipinski definition) is 6. The number of aromatic nitrogens is 2. The van der Waals surface area contributed by atoms with Crippen molar-refractivity contribution in [3.8, 4) is 0 Å². The maximum Gasteiger partial charge on any atom is 0.315 e. The van der Waals surface area contributed by atoms with Crippen molar-refractivity contribution in [1.82, 2.24) is 15.5 Å². The van der Waals surface area contributed by atoms with Crippen molar-refractivity contribution in [3.05, 3.63) is 5.89 Å². The molecule has 7 nitrogen and oxygen atoms in total. The Labute approximate surface area is 106 Å². The van der Waals surface area contributed by atoms with Crippen molar-refractivity contribution < 1.29 is 9.21 Å². The highest BCUT2D eigenvalue weighted by molar-refractivity contribution is 5.73. The minimum atomic E-state index is -0.263. The molecule has 0 bridgehead atoms.